The summed E-state index contributed by atoms with van der Waals surface area (Å²) in [5.74, 6) is 1.11. The predicted molar refractivity (Wildman–Crippen MR) is 110 cm³/mol. The molecule has 8 heteroatoms. The van der Waals surface area contributed by atoms with Gasteiger partial charge in [0.15, 0.2) is 11.0 Å². The van der Waals surface area contributed by atoms with Gasteiger partial charge in [0.1, 0.15) is 0 Å². The van der Waals surface area contributed by atoms with E-state index in [1.165, 1.54) is 11.8 Å². The lowest BCUT2D eigenvalue weighted by Crippen LogP contribution is -2.35. The highest BCUT2D eigenvalue weighted by atomic mass is 35.5. The van der Waals surface area contributed by atoms with E-state index in [4.69, 9.17) is 16.3 Å². The van der Waals surface area contributed by atoms with Crippen LogP contribution in [0.5, 0.6) is 0 Å². The molecule has 1 N–H and O–H groups in total. The molecule has 0 bridgehead atoms. The molecule has 1 amide bonds. The fourth-order valence-electron chi connectivity index (χ4n) is 2.67. The smallest absolute Gasteiger partial charge is 0.230 e. The zero-order valence-corrected chi connectivity index (χ0v) is 17.6. The Bertz CT molecular complexity index is 717. The van der Waals surface area contributed by atoms with Crippen LogP contribution in [0.3, 0.4) is 0 Å². The molecule has 0 aliphatic heterocycles. The molecule has 6 nitrogen and oxygen atoms in total. The highest BCUT2D eigenvalue weighted by Crippen LogP contribution is 2.25. The lowest BCUT2D eigenvalue weighted by atomic mass is 10.2. The minimum Gasteiger partial charge on any atom is -0.385 e. The number of nitrogens with one attached hydrogen (secondary N) is 1. The number of hydrogen-bond acceptors (Lipinski definition) is 5. The molecule has 0 aliphatic rings. The van der Waals surface area contributed by atoms with Crippen molar-refractivity contribution in [3.05, 3.63) is 29.3 Å². The van der Waals surface area contributed by atoms with Crippen molar-refractivity contribution in [2.45, 2.75) is 50.9 Å². The largest absolute Gasteiger partial charge is 0.385 e. The van der Waals surface area contributed by atoms with E-state index in [1.54, 1.807) is 7.11 Å². The van der Waals surface area contributed by atoms with Gasteiger partial charge in [-0.25, -0.2) is 0 Å². The summed E-state index contributed by atoms with van der Waals surface area (Å²) in [5.41, 5.74) is 0.942. The number of carbonyl (C=O) groups is 1. The van der Waals surface area contributed by atoms with Crippen molar-refractivity contribution in [1.82, 2.24) is 20.1 Å². The summed E-state index contributed by atoms with van der Waals surface area (Å²) >= 11 is 7.39. The summed E-state index contributed by atoms with van der Waals surface area (Å²) in [6, 6.07) is 7.74. The fourth-order valence-corrected chi connectivity index (χ4v) is 3.57. The summed E-state index contributed by atoms with van der Waals surface area (Å²) in [7, 11) is 1.68. The van der Waals surface area contributed by atoms with Crippen LogP contribution in [0.25, 0.3) is 11.4 Å². The molecule has 1 heterocycles. The van der Waals surface area contributed by atoms with Crippen LogP contribution in [-0.4, -0.2) is 46.2 Å². The van der Waals surface area contributed by atoms with Crippen LogP contribution in [-0.2, 0) is 16.1 Å². The van der Waals surface area contributed by atoms with Crippen molar-refractivity contribution in [3.63, 3.8) is 0 Å². The summed E-state index contributed by atoms with van der Waals surface area (Å²) in [6.45, 7) is 5.52. The van der Waals surface area contributed by atoms with Crippen LogP contribution in [0.1, 0.15) is 33.1 Å². The topological polar surface area (TPSA) is 69.0 Å². The second kappa shape index (κ2) is 11.3. The van der Waals surface area contributed by atoms with E-state index in [0.29, 0.717) is 17.4 Å². The number of aromatic nitrogens is 3. The number of carbonyl (C=O) groups excluding carboxylic acids is 1. The Labute approximate surface area is 170 Å². The minimum absolute atomic E-state index is 0.0215. The molecule has 2 aromatic rings. The standard InChI is InChI=1S/C19H27ClN4O2S/c1-4-16(5-2)21-17(25)13-27-19-23-22-18(24(19)11-6-12-26-3)14-7-9-15(20)10-8-14/h7-10,16H,4-6,11-13H2,1-3H3,(H,21,25). The molecule has 1 aromatic carbocycles. The zero-order chi connectivity index (χ0) is 19.6. The molecule has 0 radical (unpaired) electrons. The molecule has 0 fully saturated rings. The second-order valence-electron chi connectivity index (χ2n) is 6.18. The Morgan fingerprint density at radius 3 is 2.59 bits per heavy atom. The highest BCUT2D eigenvalue weighted by molar-refractivity contribution is 7.99. The Morgan fingerprint density at radius 2 is 1.96 bits per heavy atom. The number of methoxy groups -OCH3 is 1. The Kier molecular flexibility index (Phi) is 9.10. The maximum Gasteiger partial charge on any atom is 0.230 e. The summed E-state index contributed by atoms with van der Waals surface area (Å²) < 4.78 is 7.20. The van der Waals surface area contributed by atoms with Crippen molar-refractivity contribution >= 4 is 29.3 Å². The van der Waals surface area contributed by atoms with Gasteiger partial charge in [-0.3, -0.25) is 4.79 Å². The quantitative estimate of drug-likeness (QED) is 0.447. The van der Waals surface area contributed by atoms with Gasteiger partial charge in [-0.1, -0.05) is 37.2 Å². The maximum absolute atomic E-state index is 12.2. The monoisotopic (exact) mass is 410 g/mol. The van der Waals surface area contributed by atoms with Crippen LogP contribution in [0.2, 0.25) is 5.02 Å². The lowest BCUT2D eigenvalue weighted by Gasteiger charge is -2.14. The van der Waals surface area contributed by atoms with Crippen LogP contribution < -0.4 is 5.32 Å². The number of thioether (sulfide) groups is 1. The van der Waals surface area contributed by atoms with E-state index in [0.717, 1.165) is 42.4 Å². The van der Waals surface area contributed by atoms with Crippen LogP contribution in [0.4, 0.5) is 0 Å². The number of halogens is 1. The fraction of sp³-hybridized carbons (Fsp3) is 0.526. The van der Waals surface area contributed by atoms with E-state index in [9.17, 15) is 4.79 Å². The van der Waals surface area contributed by atoms with E-state index < -0.39 is 0 Å². The third-order valence-electron chi connectivity index (χ3n) is 4.23. The van der Waals surface area contributed by atoms with Gasteiger partial charge < -0.3 is 14.6 Å². The van der Waals surface area contributed by atoms with Gasteiger partial charge >= 0.3 is 0 Å². The van der Waals surface area contributed by atoms with Gasteiger partial charge in [-0.05, 0) is 43.5 Å². The number of nitrogens with zero attached hydrogens (tertiary/aromatic N) is 3. The molecule has 1 aromatic heterocycles. The first-order valence-corrected chi connectivity index (χ1v) is 10.6. The predicted octanol–water partition coefficient (Wildman–Crippen LogP) is 4.03. The zero-order valence-electron chi connectivity index (χ0n) is 16.1. The molecular weight excluding hydrogens is 384 g/mol. The molecule has 27 heavy (non-hydrogen) atoms. The average Bonchev–Trinajstić information content (AvgIpc) is 3.08. The molecular formula is C19H27ClN4O2S. The van der Waals surface area contributed by atoms with Gasteiger partial charge in [0.25, 0.3) is 0 Å². The van der Waals surface area contributed by atoms with Crippen molar-refractivity contribution in [2.24, 2.45) is 0 Å². The molecule has 148 valence electrons. The summed E-state index contributed by atoms with van der Waals surface area (Å²) in [4.78, 5) is 12.2. The third-order valence-corrected chi connectivity index (χ3v) is 5.45. The lowest BCUT2D eigenvalue weighted by molar-refractivity contribution is -0.119. The van der Waals surface area contributed by atoms with Crippen molar-refractivity contribution in [1.29, 1.82) is 0 Å². The van der Waals surface area contributed by atoms with Crippen molar-refractivity contribution in [2.75, 3.05) is 19.5 Å². The van der Waals surface area contributed by atoms with Gasteiger partial charge in [0.05, 0.1) is 5.75 Å². The summed E-state index contributed by atoms with van der Waals surface area (Å²) in [5, 5.41) is 13.1. The summed E-state index contributed by atoms with van der Waals surface area (Å²) in [6.07, 6.45) is 2.70. The minimum atomic E-state index is 0.0215. The molecule has 0 saturated carbocycles. The second-order valence-corrected chi connectivity index (χ2v) is 7.56. The van der Waals surface area contributed by atoms with E-state index >= 15 is 0 Å². The molecule has 0 atom stereocenters. The van der Waals surface area contributed by atoms with Crippen molar-refractivity contribution < 1.29 is 9.53 Å². The molecule has 0 aliphatic carbocycles. The normalized spacial score (nSPS) is 11.1. The number of hydrogen-bond donors (Lipinski definition) is 1. The number of ether oxygens (including phenoxy) is 1. The van der Waals surface area contributed by atoms with Crippen molar-refractivity contribution in [3.8, 4) is 11.4 Å². The van der Waals surface area contributed by atoms with Crippen LogP contribution in [0, 0.1) is 0 Å². The number of amides is 1. The first-order valence-electron chi connectivity index (χ1n) is 9.19. The SMILES string of the molecule is CCC(CC)NC(=O)CSc1nnc(-c2ccc(Cl)cc2)n1CCCOC. The first-order chi connectivity index (χ1) is 13.1. The Balaban J connectivity index is 2.12. The average molecular weight is 411 g/mol. The molecule has 0 saturated heterocycles. The molecule has 2 rings (SSSR count). The third kappa shape index (κ3) is 6.52. The number of benzene rings is 1. The van der Waals surface area contributed by atoms with E-state index in [2.05, 4.69) is 29.4 Å². The molecule has 0 spiro atoms. The van der Waals surface area contributed by atoms with Gasteiger partial charge in [-0.2, -0.15) is 0 Å². The Hall–Kier alpha value is -1.57. The molecule has 0 unspecified atom stereocenters. The van der Waals surface area contributed by atoms with Crippen LogP contribution in [0.15, 0.2) is 29.4 Å². The van der Waals surface area contributed by atoms with Crippen LogP contribution >= 0.6 is 23.4 Å². The van der Waals surface area contributed by atoms with E-state index in [1.807, 2.05) is 28.8 Å². The Morgan fingerprint density at radius 1 is 1.26 bits per heavy atom. The maximum atomic E-state index is 12.2. The van der Waals surface area contributed by atoms with Gasteiger partial charge in [0, 0.05) is 36.9 Å². The van der Waals surface area contributed by atoms with E-state index in [-0.39, 0.29) is 11.9 Å². The highest BCUT2D eigenvalue weighted by Gasteiger charge is 2.16. The van der Waals surface area contributed by atoms with Gasteiger partial charge in [0.2, 0.25) is 5.91 Å². The number of rotatable bonds is 11. The first kappa shape index (κ1) is 21.7. The van der Waals surface area contributed by atoms with Gasteiger partial charge in [-0.15, -0.1) is 10.2 Å².